The summed E-state index contributed by atoms with van der Waals surface area (Å²) in [7, 11) is 0. The zero-order valence-electron chi connectivity index (χ0n) is 12.8. The van der Waals surface area contributed by atoms with Crippen LogP contribution >= 0.6 is 0 Å². The molecule has 0 spiro atoms. The molecule has 0 aromatic heterocycles. The number of esters is 1. The third kappa shape index (κ3) is 3.72. The molecular weight excluding hydrogens is 264 g/mol. The summed E-state index contributed by atoms with van der Waals surface area (Å²) in [6, 6.07) is 10.1. The highest BCUT2D eigenvalue weighted by Crippen LogP contribution is 2.41. The Labute approximate surface area is 126 Å². The molecule has 0 atom stereocenters. The minimum atomic E-state index is -0.383. The molecule has 1 aromatic carbocycles. The number of carbonyl (C=O) groups excluding carboxylic acids is 2. The summed E-state index contributed by atoms with van der Waals surface area (Å²) in [5.41, 5.74) is 0.727. The first-order valence-corrected chi connectivity index (χ1v) is 7.93. The van der Waals surface area contributed by atoms with Crippen LogP contribution in [0.3, 0.4) is 0 Å². The van der Waals surface area contributed by atoms with E-state index in [-0.39, 0.29) is 30.0 Å². The van der Waals surface area contributed by atoms with Crippen LogP contribution in [0.2, 0.25) is 0 Å². The highest BCUT2D eigenvalue weighted by Gasteiger charge is 2.40. The Kier molecular flexibility index (Phi) is 5.54. The molecule has 1 saturated carbocycles. The van der Waals surface area contributed by atoms with E-state index >= 15 is 0 Å². The molecule has 0 unspecified atom stereocenters. The van der Waals surface area contributed by atoms with Gasteiger partial charge < -0.3 is 4.74 Å². The Hall–Kier alpha value is -1.64. The van der Waals surface area contributed by atoms with Gasteiger partial charge in [0.2, 0.25) is 0 Å². The van der Waals surface area contributed by atoms with Crippen LogP contribution in [0.15, 0.2) is 30.3 Å². The van der Waals surface area contributed by atoms with Crippen LogP contribution in [0.4, 0.5) is 0 Å². The van der Waals surface area contributed by atoms with Crippen LogP contribution in [-0.2, 0) is 19.7 Å². The van der Waals surface area contributed by atoms with Gasteiger partial charge in [0.15, 0.2) is 0 Å². The molecule has 114 valence electrons. The van der Waals surface area contributed by atoms with Gasteiger partial charge in [0.05, 0.1) is 18.4 Å². The van der Waals surface area contributed by atoms with Gasteiger partial charge in [0, 0.05) is 6.42 Å². The maximum atomic E-state index is 12.8. The van der Waals surface area contributed by atoms with E-state index in [9.17, 15) is 9.59 Å². The van der Waals surface area contributed by atoms with Gasteiger partial charge in [-0.25, -0.2) is 0 Å². The van der Waals surface area contributed by atoms with Gasteiger partial charge in [-0.05, 0) is 25.3 Å². The number of hydrogen-bond donors (Lipinski definition) is 0. The number of hydrogen-bond acceptors (Lipinski definition) is 3. The number of ether oxygens (including phenoxy) is 1. The molecule has 1 aliphatic carbocycles. The maximum Gasteiger partial charge on any atom is 0.306 e. The van der Waals surface area contributed by atoms with Crippen molar-refractivity contribution in [2.45, 2.75) is 57.3 Å². The van der Waals surface area contributed by atoms with E-state index in [1.807, 2.05) is 30.3 Å². The van der Waals surface area contributed by atoms with Gasteiger partial charge in [0.25, 0.3) is 0 Å². The third-order valence-corrected chi connectivity index (χ3v) is 4.43. The van der Waals surface area contributed by atoms with Gasteiger partial charge in [-0.3, -0.25) is 9.59 Å². The standard InChI is InChI=1S/C18H24O3/c1-2-21-17(20)12-11-16(19)18(13-7-4-8-14-18)15-9-5-3-6-10-15/h3,5-6,9-10H,2,4,7-8,11-14H2,1H3. The molecule has 0 aliphatic heterocycles. The van der Waals surface area contributed by atoms with Crippen LogP contribution < -0.4 is 0 Å². The lowest BCUT2D eigenvalue weighted by molar-refractivity contribution is -0.144. The fraction of sp³-hybridized carbons (Fsp3) is 0.556. The summed E-state index contributed by atoms with van der Waals surface area (Å²) in [5.74, 6) is -0.0775. The van der Waals surface area contributed by atoms with Gasteiger partial charge >= 0.3 is 5.97 Å². The van der Waals surface area contributed by atoms with Crippen molar-refractivity contribution in [1.82, 2.24) is 0 Å². The Morgan fingerprint density at radius 3 is 2.33 bits per heavy atom. The maximum absolute atomic E-state index is 12.8. The second-order valence-electron chi connectivity index (χ2n) is 5.74. The minimum absolute atomic E-state index is 0.196. The SMILES string of the molecule is CCOC(=O)CCC(=O)C1(c2ccccc2)CCCCC1. The smallest absolute Gasteiger partial charge is 0.306 e. The van der Waals surface area contributed by atoms with Crippen molar-refractivity contribution in [2.24, 2.45) is 0 Å². The lowest BCUT2D eigenvalue weighted by Gasteiger charge is -2.36. The van der Waals surface area contributed by atoms with Crippen LogP contribution in [0.25, 0.3) is 0 Å². The van der Waals surface area contributed by atoms with E-state index in [0.29, 0.717) is 6.61 Å². The highest BCUT2D eigenvalue weighted by atomic mass is 16.5. The molecule has 3 nitrogen and oxygen atoms in total. The van der Waals surface area contributed by atoms with E-state index in [4.69, 9.17) is 4.74 Å². The molecule has 0 N–H and O–H groups in total. The number of ketones is 1. The Morgan fingerprint density at radius 1 is 1.05 bits per heavy atom. The summed E-state index contributed by atoms with van der Waals surface area (Å²) < 4.78 is 4.93. The molecule has 0 radical (unpaired) electrons. The van der Waals surface area contributed by atoms with Gasteiger partial charge in [-0.2, -0.15) is 0 Å². The first kappa shape index (κ1) is 15.7. The van der Waals surface area contributed by atoms with Crippen LogP contribution in [0, 0.1) is 0 Å². The summed E-state index contributed by atoms with van der Waals surface area (Å²) in [6.45, 7) is 2.16. The van der Waals surface area contributed by atoms with E-state index in [2.05, 4.69) is 0 Å². The van der Waals surface area contributed by atoms with Crippen LogP contribution in [0.5, 0.6) is 0 Å². The Morgan fingerprint density at radius 2 is 1.71 bits per heavy atom. The quantitative estimate of drug-likeness (QED) is 0.748. The Bertz CT molecular complexity index is 472. The molecule has 21 heavy (non-hydrogen) atoms. The van der Waals surface area contributed by atoms with Crippen LogP contribution in [0.1, 0.15) is 57.4 Å². The van der Waals surface area contributed by atoms with E-state index in [0.717, 1.165) is 31.2 Å². The van der Waals surface area contributed by atoms with Crippen molar-refractivity contribution < 1.29 is 14.3 Å². The first-order chi connectivity index (χ1) is 10.2. The molecule has 0 heterocycles. The Balaban J connectivity index is 2.13. The number of rotatable bonds is 6. The van der Waals surface area contributed by atoms with Crippen molar-refractivity contribution in [1.29, 1.82) is 0 Å². The molecule has 3 heteroatoms. The van der Waals surface area contributed by atoms with Gasteiger partial charge in [-0.15, -0.1) is 0 Å². The predicted octanol–water partition coefficient (Wildman–Crippen LogP) is 3.80. The summed E-state index contributed by atoms with van der Waals surface area (Å²) >= 11 is 0. The minimum Gasteiger partial charge on any atom is -0.466 e. The van der Waals surface area contributed by atoms with Gasteiger partial charge in [0.1, 0.15) is 5.78 Å². The first-order valence-electron chi connectivity index (χ1n) is 7.93. The average molecular weight is 288 g/mol. The van der Waals surface area contributed by atoms with Crippen molar-refractivity contribution in [3.63, 3.8) is 0 Å². The largest absolute Gasteiger partial charge is 0.466 e. The van der Waals surface area contributed by atoms with Gasteiger partial charge in [-0.1, -0.05) is 49.6 Å². The number of carbonyl (C=O) groups is 2. The third-order valence-electron chi connectivity index (χ3n) is 4.43. The normalized spacial score (nSPS) is 17.2. The molecule has 2 rings (SSSR count). The summed E-state index contributed by atoms with van der Waals surface area (Å²) in [5, 5.41) is 0. The van der Waals surface area contributed by atoms with Crippen LogP contribution in [-0.4, -0.2) is 18.4 Å². The molecule has 0 bridgehead atoms. The lowest BCUT2D eigenvalue weighted by Crippen LogP contribution is -2.38. The topological polar surface area (TPSA) is 43.4 Å². The van der Waals surface area contributed by atoms with Crippen molar-refractivity contribution >= 4 is 11.8 Å². The van der Waals surface area contributed by atoms with E-state index in [1.165, 1.54) is 6.42 Å². The fourth-order valence-electron chi connectivity index (χ4n) is 3.33. The monoisotopic (exact) mass is 288 g/mol. The second kappa shape index (κ2) is 7.39. The number of benzene rings is 1. The molecule has 0 saturated heterocycles. The lowest BCUT2D eigenvalue weighted by atomic mass is 9.66. The highest BCUT2D eigenvalue weighted by molar-refractivity contribution is 5.92. The van der Waals surface area contributed by atoms with E-state index < -0.39 is 0 Å². The molecule has 1 aromatic rings. The zero-order valence-corrected chi connectivity index (χ0v) is 12.8. The zero-order chi connectivity index (χ0) is 15.1. The molecular formula is C18H24O3. The van der Waals surface area contributed by atoms with E-state index in [1.54, 1.807) is 6.92 Å². The summed E-state index contributed by atoms with van der Waals surface area (Å²) in [6.07, 6.45) is 5.64. The second-order valence-corrected chi connectivity index (χ2v) is 5.74. The van der Waals surface area contributed by atoms with Crippen molar-refractivity contribution in [3.8, 4) is 0 Å². The fourth-order valence-corrected chi connectivity index (χ4v) is 3.33. The predicted molar refractivity (Wildman–Crippen MR) is 82.1 cm³/mol. The summed E-state index contributed by atoms with van der Waals surface area (Å²) in [4.78, 5) is 24.3. The molecule has 0 amide bonds. The van der Waals surface area contributed by atoms with Crippen molar-refractivity contribution in [3.05, 3.63) is 35.9 Å². The number of Topliss-reactive ketones (excluding diaryl/α,β-unsaturated/α-hetero) is 1. The molecule has 1 aliphatic rings. The average Bonchev–Trinajstić information content (AvgIpc) is 2.54. The molecule has 1 fully saturated rings. The van der Waals surface area contributed by atoms with Crippen molar-refractivity contribution in [2.75, 3.05) is 6.61 Å².